The first kappa shape index (κ1) is 38.3. The first-order chi connectivity index (χ1) is 25.5. The molecule has 0 bridgehead atoms. The molecule has 292 valence electrons. The molecule has 4 fully saturated rings. The molecule has 1 aliphatic heterocycles. The van der Waals surface area contributed by atoms with Crippen molar-refractivity contribution in [1.82, 2.24) is 19.5 Å². The predicted octanol–water partition coefficient (Wildman–Crippen LogP) is 8.85. The summed E-state index contributed by atoms with van der Waals surface area (Å²) in [6, 6.07) is 0. The number of fused-ring (bicyclic) bond motifs is 6. The van der Waals surface area contributed by atoms with Crippen molar-refractivity contribution in [2.75, 3.05) is 6.61 Å². The second-order valence-corrected chi connectivity index (χ2v) is 18.4. The maximum Gasteiger partial charge on any atom is 0.306 e. The van der Waals surface area contributed by atoms with E-state index in [0.717, 1.165) is 61.2 Å². The van der Waals surface area contributed by atoms with Gasteiger partial charge in [0.05, 0.1) is 18.8 Å². The Balaban J connectivity index is 0.811. The van der Waals surface area contributed by atoms with Crippen LogP contribution in [0.4, 0.5) is 0 Å². The smallest absolute Gasteiger partial charge is 0.306 e. The van der Waals surface area contributed by atoms with Gasteiger partial charge in [0.25, 0.3) is 5.56 Å². The maximum absolute atomic E-state index is 12.9. The average Bonchev–Trinajstić information content (AvgIpc) is 3.86. The van der Waals surface area contributed by atoms with Crippen LogP contribution in [0.5, 0.6) is 0 Å². The number of hydrogen-bond donors (Lipinski definition) is 1. The molecule has 0 radical (unpaired) electrons. The van der Waals surface area contributed by atoms with Crippen molar-refractivity contribution in [2.24, 2.45) is 46.3 Å². The van der Waals surface area contributed by atoms with Gasteiger partial charge < -0.3 is 19.2 Å². The van der Waals surface area contributed by atoms with Gasteiger partial charge in [-0.25, -0.2) is 9.97 Å². The monoisotopic (exact) mass is 732 g/mol. The Morgan fingerprint density at radius 1 is 0.962 bits per heavy atom. The SMILES string of the molecule is CC(C)CCC[C@@H](C)[C@H]1CC[C@H]2[C@@H]3CC=C4C[C@@H](OC(=O)CCCCC(=O)OC[C@@H]5CC[C@H](n6cnc7c(=O)[nH]cnc76)O5)CC[C@]4(C)[C@H]3CC[C@]12C. The summed E-state index contributed by atoms with van der Waals surface area (Å²) in [5.74, 6) is 4.50. The van der Waals surface area contributed by atoms with Crippen molar-refractivity contribution in [3.05, 3.63) is 34.7 Å². The Hall–Kier alpha value is -3.01. The molecule has 10 heteroatoms. The first-order valence-electron chi connectivity index (χ1n) is 21.1. The number of rotatable bonds is 14. The maximum atomic E-state index is 12.9. The molecule has 0 aromatic carbocycles. The number of carbonyl (C=O) groups is 2. The van der Waals surface area contributed by atoms with Crippen LogP contribution in [0.15, 0.2) is 29.1 Å². The number of hydrogen-bond acceptors (Lipinski definition) is 8. The molecule has 1 N–H and O–H groups in total. The van der Waals surface area contributed by atoms with Gasteiger partial charge in [0.15, 0.2) is 11.2 Å². The fraction of sp³-hybridized carbons (Fsp3) is 0.791. The van der Waals surface area contributed by atoms with E-state index >= 15 is 0 Å². The van der Waals surface area contributed by atoms with Crippen LogP contribution < -0.4 is 5.56 Å². The standard InChI is InChI=1S/C43H64N4O6/c1-27(2)9-8-10-28(3)33-16-17-34-32-15-13-29-23-30(19-21-42(29,4)35(32)20-22-43(33,34)5)53-38(49)12-7-6-11-37(48)51-24-31-14-18-36(52-31)47-26-46-39-40(47)44-25-45-41(39)50/h13,25-28,30-36H,6-12,14-24H2,1-5H3,(H,44,45,50)/t28-,30+,31+,32+,33-,34+,35+,36-,42+,43-/m1/s1. The highest BCUT2D eigenvalue weighted by molar-refractivity contribution is 5.71. The largest absolute Gasteiger partial charge is 0.463 e. The Bertz CT molecular complexity index is 1700. The zero-order valence-corrected chi connectivity index (χ0v) is 32.9. The van der Waals surface area contributed by atoms with Gasteiger partial charge in [0, 0.05) is 19.3 Å². The van der Waals surface area contributed by atoms with Crippen molar-refractivity contribution < 1.29 is 23.8 Å². The molecule has 0 spiro atoms. The summed E-state index contributed by atoms with van der Waals surface area (Å²) in [4.78, 5) is 48.3. The van der Waals surface area contributed by atoms with Gasteiger partial charge in [0.1, 0.15) is 18.9 Å². The molecular formula is C43H64N4O6. The summed E-state index contributed by atoms with van der Waals surface area (Å²) >= 11 is 0. The van der Waals surface area contributed by atoms with E-state index in [9.17, 15) is 14.4 Å². The Morgan fingerprint density at radius 2 is 1.77 bits per heavy atom. The molecule has 2 aromatic heterocycles. The number of ether oxygens (including phenoxy) is 3. The molecule has 3 saturated carbocycles. The van der Waals surface area contributed by atoms with Crippen molar-refractivity contribution >= 4 is 23.1 Å². The third-order valence-electron chi connectivity index (χ3n) is 14.8. The van der Waals surface area contributed by atoms with E-state index in [0.29, 0.717) is 36.7 Å². The zero-order valence-electron chi connectivity index (χ0n) is 32.9. The van der Waals surface area contributed by atoms with E-state index in [1.807, 2.05) is 0 Å². The van der Waals surface area contributed by atoms with Crippen LogP contribution in [0.25, 0.3) is 11.2 Å². The van der Waals surface area contributed by atoms with E-state index in [1.54, 1.807) is 16.5 Å². The van der Waals surface area contributed by atoms with E-state index in [4.69, 9.17) is 14.2 Å². The zero-order chi connectivity index (χ0) is 37.3. The molecule has 7 rings (SSSR count). The van der Waals surface area contributed by atoms with Gasteiger partial charge >= 0.3 is 11.9 Å². The van der Waals surface area contributed by atoms with E-state index in [1.165, 1.54) is 57.7 Å². The summed E-state index contributed by atoms with van der Waals surface area (Å²) in [6.45, 7) is 12.6. The van der Waals surface area contributed by atoms with E-state index in [2.05, 4.69) is 55.6 Å². The minimum Gasteiger partial charge on any atom is -0.463 e. The van der Waals surface area contributed by atoms with Crippen molar-refractivity contribution in [2.45, 2.75) is 162 Å². The van der Waals surface area contributed by atoms with Crippen molar-refractivity contribution in [3.63, 3.8) is 0 Å². The molecule has 2 aromatic rings. The van der Waals surface area contributed by atoms with Crippen LogP contribution in [-0.4, -0.2) is 50.3 Å². The quantitative estimate of drug-likeness (QED) is 0.116. The van der Waals surface area contributed by atoms with Crippen LogP contribution >= 0.6 is 0 Å². The highest BCUT2D eigenvalue weighted by Gasteiger charge is 2.59. The lowest BCUT2D eigenvalue weighted by Crippen LogP contribution is -2.51. The number of nitrogens with one attached hydrogen (secondary N) is 1. The summed E-state index contributed by atoms with van der Waals surface area (Å²) in [5, 5.41) is 0. The number of imidazole rings is 1. The minimum absolute atomic E-state index is 0.0354. The summed E-state index contributed by atoms with van der Waals surface area (Å²) in [7, 11) is 0. The molecule has 53 heavy (non-hydrogen) atoms. The van der Waals surface area contributed by atoms with Crippen molar-refractivity contribution in [1.29, 1.82) is 0 Å². The first-order valence-corrected chi connectivity index (χ1v) is 21.1. The third kappa shape index (κ3) is 7.90. The predicted molar refractivity (Wildman–Crippen MR) is 204 cm³/mol. The van der Waals surface area contributed by atoms with Crippen LogP contribution in [0.2, 0.25) is 0 Å². The summed E-state index contributed by atoms with van der Waals surface area (Å²) < 4.78 is 19.4. The highest BCUT2D eigenvalue weighted by Crippen LogP contribution is 2.67. The molecule has 0 amide bonds. The summed E-state index contributed by atoms with van der Waals surface area (Å²) in [6.07, 6.45) is 22.0. The molecule has 10 atom stereocenters. The van der Waals surface area contributed by atoms with Crippen molar-refractivity contribution in [3.8, 4) is 0 Å². The Kier molecular flexibility index (Phi) is 11.5. The van der Waals surface area contributed by atoms with Gasteiger partial charge in [-0.2, -0.15) is 0 Å². The molecule has 10 nitrogen and oxygen atoms in total. The van der Waals surface area contributed by atoms with Crippen LogP contribution in [0.3, 0.4) is 0 Å². The number of nitrogens with zero attached hydrogens (tertiary/aromatic N) is 3. The number of esters is 2. The Labute approximate surface area is 315 Å². The molecule has 1 saturated heterocycles. The van der Waals surface area contributed by atoms with E-state index < -0.39 is 0 Å². The van der Waals surface area contributed by atoms with E-state index in [-0.39, 0.29) is 59.9 Å². The number of carbonyl (C=O) groups excluding carboxylic acids is 2. The van der Waals surface area contributed by atoms with Gasteiger partial charge in [-0.05, 0) is 117 Å². The summed E-state index contributed by atoms with van der Waals surface area (Å²) in [5.41, 5.74) is 2.75. The molecule has 0 unspecified atom stereocenters. The second-order valence-electron chi connectivity index (χ2n) is 18.4. The van der Waals surface area contributed by atoms with Gasteiger partial charge in [-0.3, -0.25) is 19.0 Å². The highest BCUT2D eigenvalue weighted by atomic mass is 16.6. The second kappa shape index (κ2) is 16.0. The lowest BCUT2D eigenvalue weighted by molar-refractivity contribution is -0.152. The Morgan fingerprint density at radius 3 is 2.58 bits per heavy atom. The lowest BCUT2D eigenvalue weighted by Gasteiger charge is -2.58. The number of H-pyrrole nitrogens is 1. The number of aromatic nitrogens is 4. The molecular weight excluding hydrogens is 668 g/mol. The normalized spacial score (nSPS) is 34.3. The van der Waals surface area contributed by atoms with Gasteiger partial charge in [0.2, 0.25) is 0 Å². The van der Waals surface area contributed by atoms with Crippen LogP contribution in [0, 0.1) is 46.3 Å². The molecule has 5 aliphatic rings. The molecule has 4 aliphatic carbocycles. The lowest BCUT2D eigenvalue weighted by atomic mass is 9.47. The van der Waals surface area contributed by atoms with Gasteiger partial charge in [-0.1, -0.05) is 65.5 Å². The fourth-order valence-corrected chi connectivity index (χ4v) is 11.9. The number of aromatic amines is 1. The fourth-order valence-electron chi connectivity index (χ4n) is 11.9. The molecule has 3 heterocycles. The average molecular weight is 733 g/mol. The van der Waals surface area contributed by atoms with Crippen LogP contribution in [0.1, 0.15) is 150 Å². The van der Waals surface area contributed by atoms with Crippen LogP contribution in [-0.2, 0) is 23.8 Å². The number of unbranched alkanes of at least 4 members (excludes halogenated alkanes) is 1. The minimum atomic E-state index is -0.310. The topological polar surface area (TPSA) is 125 Å². The third-order valence-corrected chi connectivity index (χ3v) is 14.8. The van der Waals surface area contributed by atoms with Gasteiger partial charge in [-0.15, -0.1) is 0 Å². The number of allylic oxidation sites excluding steroid dienone is 1.